The second-order valence-corrected chi connectivity index (χ2v) is 8.76. The van der Waals surface area contributed by atoms with Gasteiger partial charge in [0.15, 0.2) is 0 Å². The fourth-order valence-electron chi connectivity index (χ4n) is 2.94. The lowest BCUT2D eigenvalue weighted by Crippen LogP contribution is -2.48. The quantitative estimate of drug-likeness (QED) is 0.831. The Morgan fingerprint density at radius 2 is 1.84 bits per heavy atom. The van der Waals surface area contributed by atoms with E-state index in [0.717, 1.165) is 43.9 Å². The van der Waals surface area contributed by atoms with E-state index in [1.807, 2.05) is 11.4 Å². The number of hydrogen-bond acceptors (Lipinski definition) is 5. The lowest BCUT2D eigenvalue weighted by molar-refractivity contribution is 0.113. The van der Waals surface area contributed by atoms with Crippen LogP contribution in [0.25, 0.3) is 0 Å². The Morgan fingerprint density at radius 1 is 1.16 bits per heavy atom. The van der Waals surface area contributed by atoms with Crippen molar-refractivity contribution < 1.29 is 12.8 Å². The Balaban J connectivity index is 1.73. The Morgan fingerprint density at radius 3 is 2.44 bits per heavy atom. The highest BCUT2D eigenvalue weighted by molar-refractivity contribution is 7.89. The second-order valence-electron chi connectivity index (χ2n) is 6.22. The molecule has 1 aliphatic rings. The molecule has 0 radical (unpaired) electrons. The van der Waals surface area contributed by atoms with Gasteiger partial charge in [0, 0.05) is 38.8 Å². The molecular formula is C17H22FN3O2S2. The molecule has 1 saturated heterocycles. The first-order chi connectivity index (χ1) is 12.0. The summed E-state index contributed by atoms with van der Waals surface area (Å²) in [4.78, 5) is 4.66. The van der Waals surface area contributed by atoms with Crippen molar-refractivity contribution >= 4 is 21.4 Å². The van der Waals surface area contributed by atoms with Crippen LogP contribution in [-0.4, -0.2) is 58.0 Å². The van der Waals surface area contributed by atoms with E-state index in [0.29, 0.717) is 6.54 Å². The van der Waals surface area contributed by atoms with Crippen LogP contribution in [0.5, 0.6) is 0 Å². The van der Waals surface area contributed by atoms with E-state index in [-0.39, 0.29) is 10.9 Å². The van der Waals surface area contributed by atoms with Gasteiger partial charge in [0.25, 0.3) is 0 Å². The van der Waals surface area contributed by atoms with Gasteiger partial charge in [-0.15, -0.1) is 0 Å². The summed E-state index contributed by atoms with van der Waals surface area (Å²) >= 11 is 1.61. The number of nitrogens with zero attached hydrogens (tertiary/aromatic N) is 2. The zero-order valence-electron chi connectivity index (χ0n) is 14.1. The van der Waals surface area contributed by atoms with E-state index in [9.17, 15) is 12.8 Å². The normalized spacial score (nSPS) is 18.3. The van der Waals surface area contributed by atoms with Crippen LogP contribution in [0.2, 0.25) is 0 Å². The first-order valence-corrected chi connectivity index (χ1v) is 10.6. The molecule has 5 nitrogen and oxygen atoms in total. The van der Waals surface area contributed by atoms with Crippen LogP contribution >= 0.6 is 11.3 Å². The largest absolute Gasteiger partial charge is 0.304 e. The first kappa shape index (κ1) is 18.5. The highest BCUT2D eigenvalue weighted by Gasteiger charge is 2.26. The molecule has 8 heteroatoms. The van der Waals surface area contributed by atoms with Crippen LogP contribution in [-0.2, 0) is 10.0 Å². The van der Waals surface area contributed by atoms with E-state index in [4.69, 9.17) is 0 Å². The predicted molar refractivity (Wildman–Crippen MR) is 97.7 cm³/mol. The third-order valence-corrected chi connectivity index (χ3v) is 6.64. The SMILES string of the molecule is CN1CCN([C@@H](CNS(=O)(=O)c2ccc(F)cc2)c2ccsc2)CC1. The van der Waals surface area contributed by atoms with Gasteiger partial charge < -0.3 is 4.90 Å². The molecule has 136 valence electrons. The van der Waals surface area contributed by atoms with Crippen LogP contribution in [0.15, 0.2) is 46.0 Å². The van der Waals surface area contributed by atoms with E-state index in [2.05, 4.69) is 26.9 Å². The summed E-state index contributed by atoms with van der Waals surface area (Å²) in [7, 11) is -1.57. The molecule has 1 N–H and O–H groups in total. The third kappa shape index (κ3) is 4.65. The highest BCUT2D eigenvalue weighted by Crippen LogP contribution is 2.24. The number of sulfonamides is 1. The molecule has 1 aliphatic heterocycles. The maximum Gasteiger partial charge on any atom is 0.240 e. The summed E-state index contributed by atoms with van der Waals surface area (Å²) < 4.78 is 40.7. The molecule has 1 aromatic carbocycles. The van der Waals surface area contributed by atoms with E-state index >= 15 is 0 Å². The number of nitrogens with one attached hydrogen (secondary N) is 1. The van der Waals surface area contributed by atoms with Crippen molar-refractivity contribution in [2.75, 3.05) is 39.8 Å². The van der Waals surface area contributed by atoms with Gasteiger partial charge in [-0.05, 0) is 53.7 Å². The molecule has 0 bridgehead atoms. The molecule has 1 aromatic heterocycles. The van der Waals surface area contributed by atoms with Gasteiger partial charge in [-0.3, -0.25) is 4.90 Å². The van der Waals surface area contributed by atoms with Crippen LogP contribution in [0.4, 0.5) is 4.39 Å². The molecule has 1 atom stereocenters. The maximum absolute atomic E-state index is 13.0. The minimum absolute atomic E-state index is 0.00447. The summed E-state index contributed by atoms with van der Waals surface area (Å²) in [5.41, 5.74) is 1.12. The van der Waals surface area contributed by atoms with Gasteiger partial charge in [-0.25, -0.2) is 17.5 Å². The summed E-state index contributed by atoms with van der Waals surface area (Å²) in [5.74, 6) is -0.451. The number of hydrogen-bond donors (Lipinski definition) is 1. The summed E-state index contributed by atoms with van der Waals surface area (Å²) in [6.45, 7) is 4.02. The van der Waals surface area contributed by atoms with Crippen molar-refractivity contribution in [3.8, 4) is 0 Å². The van der Waals surface area contributed by atoms with Crippen LogP contribution in [0.3, 0.4) is 0 Å². The van der Waals surface area contributed by atoms with E-state index < -0.39 is 15.8 Å². The molecule has 25 heavy (non-hydrogen) atoms. The predicted octanol–water partition coefficient (Wildman–Crippen LogP) is 2.15. The number of halogens is 1. The maximum atomic E-state index is 13.0. The van der Waals surface area contributed by atoms with Crippen molar-refractivity contribution in [3.63, 3.8) is 0 Å². The Hall–Kier alpha value is -1.32. The van der Waals surface area contributed by atoms with Crippen molar-refractivity contribution in [1.29, 1.82) is 0 Å². The summed E-state index contributed by atoms with van der Waals surface area (Å²) in [5, 5.41) is 4.07. The molecule has 0 aliphatic carbocycles. The fourth-order valence-corrected chi connectivity index (χ4v) is 4.69. The smallest absolute Gasteiger partial charge is 0.240 e. The van der Waals surface area contributed by atoms with Gasteiger partial charge >= 0.3 is 0 Å². The third-order valence-electron chi connectivity index (χ3n) is 4.50. The van der Waals surface area contributed by atoms with Crippen LogP contribution in [0.1, 0.15) is 11.6 Å². The number of likely N-dealkylation sites (N-methyl/N-ethyl adjacent to an activating group) is 1. The zero-order chi connectivity index (χ0) is 17.9. The molecule has 0 amide bonds. The number of thiophene rings is 1. The fraction of sp³-hybridized carbons (Fsp3) is 0.412. The standard InChI is InChI=1S/C17H22FN3O2S2/c1-20-7-9-21(10-8-20)17(14-6-11-24-13-14)12-19-25(22,23)16-4-2-15(18)3-5-16/h2-6,11,13,17,19H,7-10,12H2,1H3/t17-/m0/s1. The summed E-state index contributed by atoms with van der Waals surface area (Å²) in [6.07, 6.45) is 0. The van der Waals surface area contributed by atoms with Gasteiger partial charge in [0.2, 0.25) is 10.0 Å². The molecule has 3 rings (SSSR count). The zero-order valence-corrected chi connectivity index (χ0v) is 15.7. The van der Waals surface area contributed by atoms with Gasteiger partial charge in [0.05, 0.1) is 4.90 Å². The number of piperazine rings is 1. The average Bonchev–Trinajstić information content (AvgIpc) is 3.11. The van der Waals surface area contributed by atoms with Gasteiger partial charge in [-0.1, -0.05) is 0 Å². The monoisotopic (exact) mass is 383 g/mol. The number of rotatable bonds is 6. The number of benzene rings is 1. The lowest BCUT2D eigenvalue weighted by atomic mass is 10.1. The van der Waals surface area contributed by atoms with Gasteiger partial charge in [-0.2, -0.15) is 11.3 Å². The molecule has 2 heterocycles. The second kappa shape index (κ2) is 7.92. The molecule has 1 fully saturated rings. The first-order valence-electron chi connectivity index (χ1n) is 8.15. The minimum Gasteiger partial charge on any atom is -0.304 e. The minimum atomic E-state index is -3.66. The van der Waals surface area contributed by atoms with Crippen LogP contribution < -0.4 is 4.72 Å². The topological polar surface area (TPSA) is 52.6 Å². The summed E-state index contributed by atoms with van der Waals surface area (Å²) in [6, 6.07) is 6.92. The van der Waals surface area contributed by atoms with Crippen molar-refractivity contribution in [3.05, 3.63) is 52.5 Å². The molecule has 0 spiro atoms. The Labute approximate surface area is 152 Å². The molecule has 2 aromatic rings. The molecule has 0 saturated carbocycles. The lowest BCUT2D eigenvalue weighted by Gasteiger charge is -2.37. The van der Waals surface area contributed by atoms with Crippen molar-refractivity contribution in [2.24, 2.45) is 0 Å². The average molecular weight is 384 g/mol. The van der Waals surface area contributed by atoms with E-state index in [1.54, 1.807) is 11.3 Å². The molecular weight excluding hydrogens is 361 g/mol. The van der Waals surface area contributed by atoms with Crippen molar-refractivity contribution in [1.82, 2.24) is 14.5 Å². The Kier molecular flexibility index (Phi) is 5.85. The molecule has 0 unspecified atom stereocenters. The van der Waals surface area contributed by atoms with Gasteiger partial charge in [0.1, 0.15) is 5.82 Å². The van der Waals surface area contributed by atoms with E-state index in [1.165, 1.54) is 12.1 Å². The highest BCUT2D eigenvalue weighted by atomic mass is 32.2. The Bertz CT molecular complexity index is 771. The van der Waals surface area contributed by atoms with Crippen molar-refractivity contribution in [2.45, 2.75) is 10.9 Å². The van der Waals surface area contributed by atoms with Crippen LogP contribution in [0, 0.1) is 5.82 Å².